The quantitative estimate of drug-likeness (QED) is 0.274. The minimum Gasteiger partial charge on any atom is -0.481 e. The predicted molar refractivity (Wildman–Crippen MR) is 176 cm³/mol. The molecule has 1 unspecified atom stereocenters. The molecule has 12 heteroatoms. The van der Waals surface area contributed by atoms with Crippen molar-refractivity contribution in [3.63, 3.8) is 0 Å². The summed E-state index contributed by atoms with van der Waals surface area (Å²) < 4.78 is 6.26. The number of aromatic nitrogens is 2. The molecule has 2 aliphatic heterocycles. The van der Waals surface area contributed by atoms with Crippen molar-refractivity contribution in [3.8, 4) is 22.9 Å². The lowest BCUT2D eigenvalue weighted by Gasteiger charge is -2.40. The number of carboxylic acid groups (broad SMARTS) is 1. The number of ether oxygens (including phenoxy) is 1. The molecule has 5 rings (SSSR count). The van der Waals surface area contributed by atoms with E-state index in [-0.39, 0.29) is 18.4 Å². The minimum absolute atomic E-state index is 0.0163. The number of hydrogen-bond donors (Lipinski definition) is 2. The van der Waals surface area contributed by atoms with Crippen molar-refractivity contribution in [2.24, 2.45) is 5.92 Å². The summed E-state index contributed by atoms with van der Waals surface area (Å²) in [5.74, 6) is 1.61. The zero-order valence-corrected chi connectivity index (χ0v) is 27.2. The number of carbonyl (C=O) groups excluding carboxylic acids is 1. The van der Waals surface area contributed by atoms with E-state index in [4.69, 9.17) is 38.0 Å². The van der Waals surface area contributed by atoms with Crippen molar-refractivity contribution in [2.75, 3.05) is 50.7 Å². The Morgan fingerprint density at radius 2 is 1.80 bits per heavy atom. The van der Waals surface area contributed by atoms with Gasteiger partial charge in [-0.15, -0.1) is 0 Å². The molecule has 2 N–H and O–H groups in total. The van der Waals surface area contributed by atoms with Crippen LogP contribution in [0.3, 0.4) is 0 Å². The molecule has 240 valence electrons. The van der Waals surface area contributed by atoms with Crippen molar-refractivity contribution < 1.29 is 19.4 Å². The highest BCUT2D eigenvalue weighted by Gasteiger charge is 2.25. The molecule has 45 heavy (non-hydrogen) atoms. The van der Waals surface area contributed by atoms with Crippen LogP contribution in [-0.4, -0.2) is 88.6 Å². The van der Waals surface area contributed by atoms with Crippen molar-refractivity contribution in [2.45, 2.75) is 45.7 Å². The van der Waals surface area contributed by atoms with E-state index in [9.17, 15) is 9.59 Å². The number of carboxylic acids is 1. The monoisotopic (exact) mass is 654 g/mol. The lowest BCUT2D eigenvalue weighted by molar-refractivity contribution is -0.137. The Hall–Kier alpha value is -3.44. The zero-order valence-electron chi connectivity index (χ0n) is 25.7. The molecule has 4 heterocycles. The first kappa shape index (κ1) is 32.9. The summed E-state index contributed by atoms with van der Waals surface area (Å²) in [6.07, 6.45) is 3.91. The molecule has 0 radical (unpaired) electrons. The highest BCUT2D eigenvalue weighted by molar-refractivity contribution is 6.35. The first-order valence-electron chi connectivity index (χ1n) is 15.4. The summed E-state index contributed by atoms with van der Waals surface area (Å²) in [5.41, 5.74) is 2.58. The van der Waals surface area contributed by atoms with Gasteiger partial charge in [0.25, 0.3) is 0 Å². The number of rotatable bonds is 11. The average molecular weight is 656 g/mol. The fourth-order valence-electron chi connectivity index (χ4n) is 5.96. The van der Waals surface area contributed by atoms with Crippen LogP contribution < -0.4 is 15.0 Å². The normalized spacial score (nSPS) is 18.1. The van der Waals surface area contributed by atoms with Gasteiger partial charge in [-0.25, -0.2) is 9.97 Å². The fraction of sp³-hybridized carbons (Fsp3) is 0.455. The highest BCUT2D eigenvalue weighted by atomic mass is 35.5. The maximum Gasteiger partial charge on any atom is 0.304 e. The molecule has 2 aromatic heterocycles. The van der Waals surface area contributed by atoms with Crippen LogP contribution in [0.5, 0.6) is 11.6 Å². The summed E-state index contributed by atoms with van der Waals surface area (Å²) in [6.45, 7) is 9.91. The maximum absolute atomic E-state index is 11.3. The number of nitrogens with zero attached hydrogens (tertiary/aromatic N) is 5. The number of piperazine rings is 1. The number of anilines is 1. The van der Waals surface area contributed by atoms with Gasteiger partial charge in [0.15, 0.2) is 0 Å². The fourth-order valence-corrected chi connectivity index (χ4v) is 6.49. The zero-order chi connectivity index (χ0) is 31.9. The molecule has 2 saturated heterocycles. The molecule has 0 bridgehead atoms. The molecule has 3 aromatic rings. The van der Waals surface area contributed by atoms with Gasteiger partial charge in [0, 0.05) is 73.9 Å². The van der Waals surface area contributed by atoms with Gasteiger partial charge in [-0.05, 0) is 80.7 Å². The van der Waals surface area contributed by atoms with E-state index in [0.29, 0.717) is 39.8 Å². The Balaban J connectivity index is 1.28. The topological polar surface area (TPSA) is 111 Å². The van der Waals surface area contributed by atoms with Crippen molar-refractivity contribution in [3.05, 3.63) is 64.3 Å². The number of piperidine rings is 1. The summed E-state index contributed by atoms with van der Waals surface area (Å²) in [6, 6.07) is 13.5. The molecule has 0 aliphatic carbocycles. The number of halogens is 2. The molecule has 1 aromatic carbocycles. The van der Waals surface area contributed by atoms with Crippen LogP contribution in [0.1, 0.15) is 38.7 Å². The van der Waals surface area contributed by atoms with Crippen molar-refractivity contribution >= 4 is 40.9 Å². The van der Waals surface area contributed by atoms with Crippen LogP contribution in [0, 0.1) is 5.92 Å². The molecule has 1 atom stereocenters. The van der Waals surface area contributed by atoms with Crippen molar-refractivity contribution in [1.29, 1.82) is 0 Å². The van der Waals surface area contributed by atoms with E-state index in [0.717, 1.165) is 75.6 Å². The van der Waals surface area contributed by atoms with Crippen LogP contribution in [0.4, 0.5) is 5.82 Å². The number of likely N-dealkylation sites (tertiary alicyclic amines) is 1. The van der Waals surface area contributed by atoms with Crippen LogP contribution in [0.25, 0.3) is 11.3 Å². The molecule has 2 fully saturated rings. The van der Waals surface area contributed by atoms with E-state index < -0.39 is 5.97 Å². The first-order chi connectivity index (χ1) is 21.6. The first-order valence-corrected chi connectivity index (χ1v) is 16.2. The Kier molecular flexibility index (Phi) is 11.1. The number of aliphatic carboxylic acids is 1. The van der Waals surface area contributed by atoms with Gasteiger partial charge in [0.05, 0.1) is 18.3 Å². The van der Waals surface area contributed by atoms with Crippen LogP contribution in [-0.2, 0) is 16.1 Å². The van der Waals surface area contributed by atoms with Crippen LogP contribution in [0.15, 0.2) is 48.7 Å². The number of hydrogen-bond acceptors (Lipinski definition) is 8. The van der Waals surface area contributed by atoms with E-state index in [1.807, 2.05) is 30.3 Å². The second-order valence-electron chi connectivity index (χ2n) is 11.9. The van der Waals surface area contributed by atoms with E-state index >= 15 is 0 Å². The molecule has 0 spiro atoms. The Bertz CT molecular complexity index is 1460. The molecule has 10 nitrogen and oxygen atoms in total. The lowest BCUT2D eigenvalue weighted by atomic mass is 9.96. The van der Waals surface area contributed by atoms with Gasteiger partial charge >= 0.3 is 5.97 Å². The smallest absolute Gasteiger partial charge is 0.304 e. The molecule has 0 saturated carbocycles. The molecule has 1 amide bonds. The third-order valence-corrected chi connectivity index (χ3v) is 8.85. The molecular formula is C33H40Cl2N6O4. The third-order valence-electron chi connectivity index (χ3n) is 8.42. The second kappa shape index (κ2) is 15.2. The molecule has 2 aliphatic rings. The van der Waals surface area contributed by atoms with Gasteiger partial charge in [-0.3, -0.25) is 19.4 Å². The number of carbonyl (C=O) groups is 2. The number of amides is 1. The Morgan fingerprint density at radius 3 is 2.44 bits per heavy atom. The minimum atomic E-state index is -0.773. The maximum atomic E-state index is 11.3. The number of pyridine rings is 2. The van der Waals surface area contributed by atoms with E-state index in [1.54, 1.807) is 19.2 Å². The van der Waals surface area contributed by atoms with Gasteiger partial charge in [-0.2, -0.15) is 0 Å². The largest absolute Gasteiger partial charge is 0.481 e. The van der Waals surface area contributed by atoms with E-state index in [2.05, 4.69) is 38.0 Å². The SMILES string of the molecule is CC(=O)NCC1CCN(Cc2cc(Oc3ccc(N4CCN(CCC(=O)O)C(C)C4)nc3)nc(-c3cc(Cl)cc(Cl)c3)c2)CC1. The average Bonchev–Trinajstić information content (AvgIpc) is 3.00. The summed E-state index contributed by atoms with van der Waals surface area (Å²) in [7, 11) is 0. The van der Waals surface area contributed by atoms with Gasteiger partial charge in [0.2, 0.25) is 11.8 Å². The standard InChI is InChI=1S/C33H40Cl2N6O4/c1-22-20-41(12-11-40(22)10-7-33(43)44)31-4-3-29(19-37-31)45-32-14-25(13-30(38-32)26-15-27(34)17-28(35)16-26)21-39-8-5-24(6-9-39)18-36-23(2)42/h3-4,13-17,19,22,24H,5-12,18,20-21H2,1-2H3,(H,36,42)(H,43,44). The van der Waals surface area contributed by atoms with Crippen LogP contribution in [0.2, 0.25) is 10.0 Å². The number of benzene rings is 1. The summed E-state index contributed by atoms with van der Waals surface area (Å²) in [5, 5.41) is 13.0. The Morgan fingerprint density at radius 1 is 1.04 bits per heavy atom. The van der Waals surface area contributed by atoms with Gasteiger partial charge in [-0.1, -0.05) is 23.2 Å². The highest BCUT2D eigenvalue weighted by Crippen LogP contribution is 2.31. The summed E-state index contributed by atoms with van der Waals surface area (Å²) >= 11 is 12.7. The van der Waals surface area contributed by atoms with E-state index in [1.165, 1.54) is 0 Å². The number of nitrogens with one attached hydrogen (secondary N) is 1. The molecular weight excluding hydrogens is 615 g/mol. The van der Waals surface area contributed by atoms with Crippen LogP contribution >= 0.6 is 23.2 Å². The Labute approximate surface area is 274 Å². The second-order valence-corrected chi connectivity index (χ2v) is 12.8. The summed E-state index contributed by atoms with van der Waals surface area (Å²) in [4.78, 5) is 38.6. The predicted octanol–water partition coefficient (Wildman–Crippen LogP) is 5.58. The lowest BCUT2D eigenvalue weighted by Crippen LogP contribution is -2.52. The third kappa shape index (κ3) is 9.53. The van der Waals surface area contributed by atoms with Gasteiger partial charge < -0.3 is 20.1 Å². The van der Waals surface area contributed by atoms with Gasteiger partial charge in [0.1, 0.15) is 11.6 Å². The van der Waals surface area contributed by atoms with Crippen molar-refractivity contribution in [1.82, 2.24) is 25.1 Å².